The second kappa shape index (κ2) is 6.82. The minimum absolute atomic E-state index is 0.355. The summed E-state index contributed by atoms with van der Waals surface area (Å²) in [4.78, 5) is 0. The minimum atomic E-state index is -0.355. The third kappa shape index (κ3) is 4.73. The number of ether oxygens (including phenoxy) is 1. The van der Waals surface area contributed by atoms with Crippen LogP contribution in [-0.4, -0.2) is 12.6 Å². The molecule has 2 aromatic carbocycles. The molecule has 0 bridgehead atoms. The van der Waals surface area contributed by atoms with Gasteiger partial charge in [-0.1, -0.05) is 45.7 Å². The van der Waals surface area contributed by atoms with Crippen molar-refractivity contribution in [2.24, 2.45) is 5.73 Å². The summed E-state index contributed by atoms with van der Waals surface area (Å²) >= 11 is 9.69. The molecule has 0 saturated carbocycles. The summed E-state index contributed by atoms with van der Waals surface area (Å²) < 4.78 is 6.15. The molecule has 0 aromatic heterocycles. The molecule has 4 heteroatoms. The summed E-state index contributed by atoms with van der Waals surface area (Å²) in [5.41, 5.74) is 8.36. The van der Waals surface area contributed by atoms with E-state index in [2.05, 4.69) is 22.9 Å². The Labute approximate surface area is 139 Å². The monoisotopic (exact) mass is 367 g/mol. The number of hydrogen-bond acceptors (Lipinski definition) is 2. The molecule has 0 saturated heterocycles. The largest absolute Gasteiger partial charge is 0.497 e. The zero-order valence-corrected chi connectivity index (χ0v) is 14.5. The third-order valence-electron chi connectivity index (χ3n) is 3.38. The molecular weight excluding hydrogens is 350 g/mol. The first-order valence-corrected chi connectivity index (χ1v) is 7.92. The topological polar surface area (TPSA) is 35.2 Å². The van der Waals surface area contributed by atoms with E-state index < -0.39 is 0 Å². The molecule has 21 heavy (non-hydrogen) atoms. The minimum Gasteiger partial charge on any atom is -0.497 e. The zero-order chi connectivity index (χ0) is 15.5. The van der Waals surface area contributed by atoms with E-state index in [-0.39, 0.29) is 5.54 Å². The van der Waals surface area contributed by atoms with E-state index in [4.69, 9.17) is 22.1 Å². The van der Waals surface area contributed by atoms with Crippen molar-refractivity contribution >= 4 is 27.5 Å². The van der Waals surface area contributed by atoms with Gasteiger partial charge >= 0.3 is 0 Å². The molecule has 0 amide bonds. The van der Waals surface area contributed by atoms with Crippen LogP contribution in [0.2, 0.25) is 5.02 Å². The molecule has 0 fully saturated rings. The number of rotatable bonds is 5. The van der Waals surface area contributed by atoms with Crippen LogP contribution in [0, 0.1) is 0 Å². The van der Waals surface area contributed by atoms with Crippen molar-refractivity contribution in [2.75, 3.05) is 7.11 Å². The van der Waals surface area contributed by atoms with Gasteiger partial charge in [0.05, 0.1) is 7.11 Å². The van der Waals surface area contributed by atoms with Crippen molar-refractivity contribution in [3.63, 3.8) is 0 Å². The molecule has 2 rings (SSSR count). The fraction of sp³-hybridized carbons (Fsp3) is 0.294. The van der Waals surface area contributed by atoms with Crippen molar-refractivity contribution in [3.05, 3.63) is 63.1 Å². The Hall–Kier alpha value is -1.03. The van der Waals surface area contributed by atoms with Crippen molar-refractivity contribution in [2.45, 2.75) is 25.3 Å². The fourth-order valence-corrected chi connectivity index (χ4v) is 3.11. The number of hydrogen-bond donors (Lipinski definition) is 1. The lowest BCUT2D eigenvalue weighted by Crippen LogP contribution is -2.41. The van der Waals surface area contributed by atoms with Crippen LogP contribution in [0.5, 0.6) is 5.75 Å². The van der Waals surface area contributed by atoms with E-state index in [1.807, 2.05) is 42.5 Å². The van der Waals surface area contributed by atoms with Crippen LogP contribution in [0.4, 0.5) is 0 Å². The van der Waals surface area contributed by atoms with E-state index in [1.54, 1.807) is 7.11 Å². The predicted octanol–water partition coefficient (Wildman–Crippen LogP) is 4.61. The van der Waals surface area contributed by atoms with Gasteiger partial charge in [0.15, 0.2) is 0 Å². The van der Waals surface area contributed by atoms with Gasteiger partial charge in [-0.25, -0.2) is 0 Å². The highest BCUT2D eigenvalue weighted by Crippen LogP contribution is 2.26. The Balaban J connectivity index is 2.10. The molecular formula is C17H19BrClNO. The summed E-state index contributed by atoms with van der Waals surface area (Å²) in [5, 5.41) is 0.746. The van der Waals surface area contributed by atoms with Gasteiger partial charge in [0.1, 0.15) is 5.75 Å². The lowest BCUT2D eigenvalue weighted by molar-refractivity contribution is 0.414. The summed E-state index contributed by atoms with van der Waals surface area (Å²) in [6, 6.07) is 13.9. The number of methoxy groups -OCH3 is 1. The quantitative estimate of drug-likeness (QED) is 0.836. The van der Waals surface area contributed by atoms with Crippen molar-refractivity contribution in [1.82, 2.24) is 0 Å². The van der Waals surface area contributed by atoms with Gasteiger partial charge < -0.3 is 10.5 Å². The number of halogens is 2. The van der Waals surface area contributed by atoms with Crippen LogP contribution in [0.1, 0.15) is 18.1 Å². The highest BCUT2D eigenvalue weighted by molar-refractivity contribution is 9.10. The standard InChI is InChI=1S/C17H19BrClNO/c1-17(20,10-12-3-7-15(21-2)8-4-12)11-13-5-6-14(18)9-16(13)19/h3-9H,10-11,20H2,1-2H3. The molecule has 0 radical (unpaired) electrons. The molecule has 2 N–H and O–H groups in total. The maximum Gasteiger partial charge on any atom is 0.118 e. The molecule has 112 valence electrons. The zero-order valence-electron chi connectivity index (χ0n) is 12.2. The molecule has 1 unspecified atom stereocenters. The maximum absolute atomic E-state index is 6.46. The van der Waals surface area contributed by atoms with E-state index in [0.717, 1.165) is 33.6 Å². The van der Waals surface area contributed by atoms with Gasteiger partial charge in [-0.3, -0.25) is 0 Å². The number of benzene rings is 2. The van der Waals surface area contributed by atoms with Crippen LogP contribution < -0.4 is 10.5 Å². The van der Waals surface area contributed by atoms with Gasteiger partial charge in [-0.15, -0.1) is 0 Å². The lowest BCUT2D eigenvalue weighted by atomic mass is 9.87. The Morgan fingerprint density at radius 3 is 2.38 bits per heavy atom. The van der Waals surface area contributed by atoms with Crippen molar-refractivity contribution in [1.29, 1.82) is 0 Å². The molecule has 0 spiro atoms. The molecule has 0 aliphatic rings. The first-order valence-electron chi connectivity index (χ1n) is 6.75. The van der Waals surface area contributed by atoms with Crippen LogP contribution in [-0.2, 0) is 12.8 Å². The Morgan fingerprint density at radius 1 is 1.14 bits per heavy atom. The third-order valence-corrected chi connectivity index (χ3v) is 4.22. The molecule has 2 aromatic rings. The Morgan fingerprint density at radius 2 is 1.81 bits per heavy atom. The van der Waals surface area contributed by atoms with Gasteiger partial charge in [0.25, 0.3) is 0 Å². The van der Waals surface area contributed by atoms with Crippen LogP contribution >= 0.6 is 27.5 Å². The van der Waals surface area contributed by atoms with Crippen LogP contribution in [0.25, 0.3) is 0 Å². The number of nitrogens with two attached hydrogens (primary N) is 1. The smallest absolute Gasteiger partial charge is 0.118 e. The van der Waals surface area contributed by atoms with E-state index in [0.29, 0.717) is 0 Å². The van der Waals surface area contributed by atoms with E-state index >= 15 is 0 Å². The fourth-order valence-electron chi connectivity index (χ4n) is 2.37. The van der Waals surface area contributed by atoms with Crippen LogP contribution in [0.15, 0.2) is 46.9 Å². The first-order chi connectivity index (χ1) is 9.89. The van der Waals surface area contributed by atoms with Gasteiger partial charge in [0.2, 0.25) is 0 Å². The highest BCUT2D eigenvalue weighted by atomic mass is 79.9. The normalized spacial score (nSPS) is 13.8. The van der Waals surface area contributed by atoms with Crippen molar-refractivity contribution in [3.8, 4) is 5.75 Å². The molecule has 0 aliphatic carbocycles. The average molecular weight is 369 g/mol. The first kappa shape index (κ1) is 16.3. The molecule has 1 atom stereocenters. The van der Waals surface area contributed by atoms with Crippen LogP contribution in [0.3, 0.4) is 0 Å². The van der Waals surface area contributed by atoms with Crippen molar-refractivity contribution < 1.29 is 4.74 Å². The Kier molecular flexibility index (Phi) is 5.31. The highest BCUT2D eigenvalue weighted by Gasteiger charge is 2.21. The van der Waals surface area contributed by atoms with Gasteiger partial charge in [-0.05, 0) is 55.2 Å². The maximum atomic E-state index is 6.46. The summed E-state index contributed by atoms with van der Waals surface area (Å²) in [7, 11) is 1.66. The second-order valence-corrected chi connectivity index (χ2v) is 6.91. The molecule has 2 nitrogen and oxygen atoms in total. The van der Waals surface area contributed by atoms with E-state index in [9.17, 15) is 0 Å². The molecule has 0 aliphatic heterocycles. The second-order valence-electron chi connectivity index (χ2n) is 5.59. The Bertz CT molecular complexity index is 611. The average Bonchev–Trinajstić information content (AvgIpc) is 2.42. The lowest BCUT2D eigenvalue weighted by Gasteiger charge is -2.25. The van der Waals surface area contributed by atoms with Gasteiger partial charge in [-0.2, -0.15) is 0 Å². The molecule has 0 heterocycles. The summed E-state index contributed by atoms with van der Waals surface area (Å²) in [5.74, 6) is 0.855. The van der Waals surface area contributed by atoms with Gasteiger partial charge in [0, 0.05) is 15.0 Å². The predicted molar refractivity (Wildman–Crippen MR) is 92.1 cm³/mol. The summed E-state index contributed by atoms with van der Waals surface area (Å²) in [6.45, 7) is 2.05. The van der Waals surface area contributed by atoms with E-state index in [1.165, 1.54) is 5.56 Å². The summed E-state index contributed by atoms with van der Waals surface area (Å²) in [6.07, 6.45) is 1.51. The SMILES string of the molecule is COc1ccc(CC(C)(N)Cc2ccc(Br)cc2Cl)cc1.